The van der Waals surface area contributed by atoms with E-state index in [2.05, 4.69) is 10.4 Å². The van der Waals surface area contributed by atoms with Gasteiger partial charge in [-0.2, -0.15) is 5.10 Å². The quantitative estimate of drug-likeness (QED) is 0.685. The van der Waals surface area contributed by atoms with Crippen LogP contribution in [0.5, 0.6) is 0 Å². The van der Waals surface area contributed by atoms with Gasteiger partial charge < -0.3 is 5.32 Å². The molecule has 28 heavy (non-hydrogen) atoms. The van der Waals surface area contributed by atoms with Crippen molar-refractivity contribution in [3.63, 3.8) is 0 Å². The Morgan fingerprint density at radius 3 is 2.54 bits per heavy atom. The smallest absolute Gasteiger partial charge is 0.274 e. The third-order valence-corrected chi connectivity index (χ3v) is 5.37. The summed E-state index contributed by atoms with van der Waals surface area (Å²) in [5.41, 5.74) is 0.00720. The number of hydrogen-bond acceptors (Lipinski definition) is 3. The highest BCUT2D eigenvalue weighted by molar-refractivity contribution is 6.30. The molecule has 1 N–H and O–H groups in total. The zero-order valence-corrected chi connectivity index (χ0v) is 17.0. The second kappa shape index (κ2) is 8.15. The van der Waals surface area contributed by atoms with E-state index in [1.807, 2.05) is 51.1 Å². The van der Waals surface area contributed by atoms with Crippen molar-refractivity contribution < 1.29 is 4.79 Å². The molecule has 146 valence electrons. The molecule has 0 fully saturated rings. The normalized spacial score (nSPS) is 12.7. The van der Waals surface area contributed by atoms with Gasteiger partial charge in [-0.15, -0.1) is 0 Å². The largest absolute Gasteiger partial charge is 0.351 e. The first-order valence-corrected chi connectivity index (χ1v) is 9.72. The molecule has 0 spiro atoms. The molecule has 2 aromatic carbocycles. The van der Waals surface area contributed by atoms with Crippen molar-refractivity contribution in [3.05, 3.63) is 75.7 Å². The summed E-state index contributed by atoms with van der Waals surface area (Å²) >= 11 is 5.95. The molecule has 0 saturated heterocycles. The molecule has 0 aliphatic rings. The molecule has 0 radical (unpaired) electrons. The number of benzene rings is 2. The Morgan fingerprint density at radius 2 is 1.86 bits per heavy atom. The SMILES string of the molecule is CC[C@H](Cn1ncc2ccccc2c1=O)NC(=O)C(C)(C)c1ccc(Cl)cc1. The van der Waals surface area contributed by atoms with E-state index in [1.165, 1.54) is 4.68 Å². The van der Waals surface area contributed by atoms with Crippen molar-refractivity contribution >= 4 is 28.3 Å². The van der Waals surface area contributed by atoms with E-state index in [4.69, 9.17) is 11.6 Å². The minimum atomic E-state index is -0.722. The van der Waals surface area contributed by atoms with Gasteiger partial charge in [0.05, 0.1) is 23.5 Å². The Bertz CT molecular complexity index is 1040. The highest BCUT2D eigenvalue weighted by Gasteiger charge is 2.31. The first-order chi connectivity index (χ1) is 13.3. The number of nitrogens with one attached hydrogen (secondary N) is 1. The molecule has 0 unspecified atom stereocenters. The molecular weight excluding hydrogens is 374 g/mol. The number of fused-ring (bicyclic) bond motifs is 1. The van der Waals surface area contributed by atoms with Crippen molar-refractivity contribution in [2.75, 3.05) is 0 Å². The lowest BCUT2D eigenvalue weighted by atomic mass is 9.83. The zero-order chi connectivity index (χ0) is 20.3. The maximum atomic E-state index is 13.0. The monoisotopic (exact) mass is 397 g/mol. The Balaban J connectivity index is 1.79. The molecule has 0 aliphatic carbocycles. The summed E-state index contributed by atoms with van der Waals surface area (Å²) in [6.45, 7) is 6.05. The predicted molar refractivity (Wildman–Crippen MR) is 113 cm³/mol. The van der Waals surface area contributed by atoms with Crippen LogP contribution < -0.4 is 10.9 Å². The Hall–Kier alpha value is -2.66. The third kappa shape index (κ3) is 4.09. The van der Waals surface area contributed by atoms with E-state index < -0.39 is 5.41 Å². The van der Waals surface area contributed by atoms with Gasteiger partial charge >= 0.3 is 0 Å². The lowest BCUT2D eigenvalue weighted by molar-refractivity contribution is -0.126. The molecule has 0 bridgehead atoms. The fraction of sp³-hybridized carbons (Fsp3) is 0.318. The van der Waals surface area contributed by atoms with Crippen LogP contribution >= 0.6 is 11.6 Å². The van der Waals surface area contributed by atoms with Crippen LogP contribution in [0.3, 0.4) is 0 Å². The van der Waals surface area contributed by atoms with Crippen LogP contribution in [0.15, 0.2) is 59.5 Å². The lowest BCUT2D eigenvalue weighted by Crippen LogP contribution is -2.47. The van der Waals surface area contributed by atoms with Crippen molar-refractivity contribution in [2.24, 2.45) is 0 Å². The number of hydrogen-bond donors (Lipinski definition) is 1. The van der Waals surface area contributed by atoms with E-state index >= 15 is 0 Å². The summed E-state index contributed by atoms with van der Waals surface area (Å²) < 4.78 is 1.42. The number of amides is 1. The van der Waals surface area contributed by atoms with Crippen LogP contribution in [-0.2, 0) is 16.8 Å². The zero-order valence-electron chi connectivity index (χ0n) is 16.3. The molecule has 0 saturated carbocycles. The summed E-state index contributed by atoms with van der Waals surface area (Å²) in [7, 11) is 0. The highest BCUT2D eigenvalue weighted by Crippen LogP contribution is 2.25. The molecule has 3 aromatic rings. The molecule has 1 aromatic heterocycles. The summed E-state index contributed by atoms with van der Waals surface area (Å²) in [5.74, 6) is -0.101. The van der Waals surface area contributed by atoms with E-state index in [-0.39, 0.29) is 17.5 Å². The molecule has 3 rings (SSSR count). The second-order valence-electron chi connectivity index (χ2n) is 7.43. The summed E-state index contributed by atoms with van der Waals surface area (Å²) in [4.78, 5) is 25.6. The van der Waals surface area contributed by atoms with E-state index in [0.29, 0.717) is 23.4 Å². The van der Waals surface area contributed by atoms with Crippen LogP contribution in [0, 0.1) is 0 Å². The molecule has 0 aliphatic heterocycles. The Labute approximate surface area is 169 Å². The molecule has 1 amide bonds. The molecule has 1 heterocycles. The summed E-state index contributed by atoms with van der Waals surface area (Å²) in [6, 6.07) is 14.4. The first kappa shape index (κ1) is 20.1. The van der Waals surface area contributed by atoms with Crippen LogP contribution in [0.25, 0.3) is 10.8 Å². The van der Waals surface area contributed by atoms with Crippen molar-refractivity contribution in [1.82, 2.24) is 15.1 Å². The first-order valence-electron chi connectivity index (χ1n) is 9.34. The minimum Gasteiger partial charge on any atom is -0.351 e. The van der Waals surface area contributed by atoms with E-state index in [9.17, 15) is 9.59 Å². The maximum absolute atomic E-state index is 13.0. The third-order valence-electron chi connectivity index (χ3n) is 5.12. The molecule has 5 nitrogen and oxygen atoms in total. The van der Waals surface area contributed by atoms with Gasteiger partial charge in [0.15, 0.2) is 0 Å². The Morgan fingerprint density at radius 1 is 1.18 bits per heavy atom. The van der Waals surface area contributed by atoms with E-state index in [1.54, 1.807) is 24.4 Å². The summed E-state index contributed by atoms with van der Waals surface area (Å²) in [5, 5.41) is 9.41. The standard InChI is InChI=1S/C22H24ClN3O2/c1-4-18(14-26-20(27)19-8-6-5-7-15(19)13-24-26)25-21(28)22(2,3)16-9-11-17(23)12-10-16/h5-13,18H,4,14H2,1-3H3,(H,25,28)/t18-/m1/s1. The average Bonchev–Trinajstić information content (AvgIpc) is 2.69. The average molecular weight is 398 g/mol. The highest BCUT2D eigenvalue weighted by atomic mass is 35.5. The van der Waals surface area contributed by atoms with Gasteiger partial charge in [-0.3, -0.25) is 9.59 Å². The number of halogens is 1. The molecular formula is C22H24ClN3O2. The number of nitrogens with zero attached hydrogens (tertiary/aromatic N) is 2. The van der Waals surface area contributed by atoms with Crippen LogP contribution in [0.2, 0.25) is 5.02 Å². The number of aromatic nitrogens is 2. The van der Waals surface area contributed by atoms with Crippen LogP contribution in [-0.4, -0.2) is 21.7 Å². The van der Waals surface area contributed by atoms with Crippen molar-refractivity contribution in [3.8, 4) is 0 Å². The topological polar surface area (TPSA) is 64.0 Å². The Kier molecular flexibility index (Phi) is 5.84. The van der Waals surface area contributed by atoms with Gasteiger partial charge in [0.2, 0.25) is 5.91 Å². The van der Waals surface area contributed by atoms with Crippen molar-refractivity contribution in [1.29, 1.82) is 0 Å². The molecule has 1 atom stereocenters. The summed E-state index contributed by atoms with van der Waals surface area (Å²) in [6.07, 6.45) is 2.37. The van der Waals surface area contributed by atoms with Crippen molar-refractivity contribution in [2.45, 2.75) is 45.2 Å². The van der Waals surface area contributed by atoms with Gasteiger partial charge in [-0.25, -0.2) is 4.68 Å². The number of carbonyl (C=O) groups excluding carboxylic acids is 1. The lowest BCUT2D eigenvalue weighted by Gasteiger charge is -2.27. The van der Waals surface area contributed by atoms with E-state index in [0.717, 1.165) is 10.9 Å². The fourth-order valence-corrected chi connectivity index (χ4v) is 3.23. The number of rotatable bonds is 6. The van der Waals surface area contributed by atoms with Gasteiger partial charge in [-0.05, 0) is 44.0 Å². The second-order valence-corrected chi connectivity index (χ2v) is 7.87. The maximum Gasteiger partial charge on any atom is 0.274 e. The molecule has 6 heteroatoms. The fourth-order valence-electron chi connectivity index (χ4n) is 3.11. The van der Waals surface area contributed by atoms with Gasteiger partial charge in [0.1, 0.15) is 0 Å². The van der Waals surface area contributed by atoms with Gasteiger partial charge in [0, 0.05) is 16.5 Å². The van der Waals surface area contributed by atoms with Gasteiger partial charge in [-0.1, -0.05) is 48.9 Å². The van der Waals surface area contributed by atoms with Crippen LogP contribution in [0.1, 0.15) is 32.8 Å². The number of carbonyl (C=O) groups is 1. The van der Waals surface area contributed by atoms with Crippen LogP contribution in [0.4, 0.5) is 0 Å². The van der Waals surface area contributed by atoms with Gasteiger partial charge in [0.25, 0.3) is 5.56 Å². The minimum absolute atomic E-state index is 0.101. The predicted octanol–water partition coefficient (Wildman–Crippen LogP) is 3.92.